The molecule has 0 amide bonds. The molecule has 0 saturated heterocycles. The van der Waals surface area contributed by atoms with E-state index in [1.165, 1.54) is 9.75 Å². The number of ether oxygens (including phenoxy) is 1. The van der Waals surface area contributed by atoms with Crippen LogP contribution in [-0.4, -0.2) is 44.1 Å². The number of halogens is 1. The van der Waals surface area contributed by atoms with Crippen LogP contribution in [0.1, 0.15) is 29.2 Å². The Labute approximate surface area is 190 Å². The van der Waals surface area contributed by atoms with Gasteiger partial charge < -0.3 is 20.3 Å². The zero-order chi connectivity index (χ0) is 19.5. The molecule has 156 valence electrons. The molecule has 0 spiro atoms. The van der Waals surface area contributed by atoms with Gasteiger partial charge in [-0.25, -0.2) is 0 Å². The number of nitrogens with one attached hydrogen (secondary N) is 2. The number of hydrogen-bond donors (Lipinski definition) is 2. The zero-order valence-corrected chi connectivity index (χ0v) is 20.5. The van der Waals surface area contributed by atoms with Gasteiger partial charge in [0.1, 0.15) is 12.4 Å². The first-order valence-electron chi connectivity index (χ1n) is 9.59. The smallest absolute Gasteiger partial charge is 0.191 e. The largest absolute Gasteiger partial charge is 0.492 e. The Morgan fingerprint density at radius 1 is 1.07 bits per heavy atom. The van der Waals surface area contributed by atoms with E-state index in [2.05, 4.69) is 59.5 Å². The maximum absolute atomic E-state index is 6.03. The highest BCUT2D eigenvalue weighted by Gasteiger charge is 2.06. The van der Waals surface area contributed by atoms with E-state index in [1.807, 2.05) is 18.2 Å². The first-order valence-corrected chi connectivity index (χ1v) is 10.4. The van der Waals surface area contributed by atoms with E-state index < -0.39 is 0 Å². The molecule has 2 rings (SSSR count). The van der Waals surface area contributed by atoms with Gasteiger partial charge in [0.25, 0.3) is 0 Å². The van der Waals surface area contributed by atoms with Crippen LogP contribution >= 0.6 is 35.3 Å². The van der Waals surface area contributed by atoms with Crippen molar-refractivity contribution in [1.29, 1.82) is 0 Å². The summed E-state index contributed by atoms with van der Waals surface area (Å²) < 4.78 is 6.03. The van der Waals surface area contributed by atoms with Crippen LogP contribution in [-0.2, 0) is 13.1 Å². The van der Waals surface area contributed by atoms with Crippen molar-refractivity contribution in [2.24, 2.45) is 4.99 Å². The first kappa shape index (κ1) is 24.7. The maximum atomic E-state index is 6.03. The molecule has 5 nitrogen and oxygen atoms in total. The highest BCUT2D eigenvalue weighted by atomic mass is 127. The molecule has 1 aromatic heterocycles. The number of aliphatic imine (C=N–C) groups is 1. The second kappa shape index (κ2) is 13.8. The molecule has 0 atom stereocenters. The van der Waals surface area contributed by atoms with Crippen LogP contribution in [0.15, 0.2) is 41.4 Å². The van der Waals surface area contributed by atoms with Crippen molar-refractivity contribution in [2.45, 2.75) is 33.9 Å². The van der Waals surface area contributed by atoms with E-state index in [9.17, 15) is 0 Å². The van der Waals surface area contributed by atoms with E-state index >= 15 is 0 Å². The van der Waals surface area contributed by atoms with Gasteiger partial charge in [-0.1, -0.05) is 32.0 Å². The minimum atomic E-state index is 0. The van der Waals surface area contributed by atoms with Crippen LogP contribution in [0.25, 0.3) is 0 Å². The van der Waals surface area contributed by atoms with Crippen molar-refractivity contribution >= 4 is 41.3 Å². The van der Waals surface area contributed by atoms with Gasteiger partial charge in [0.2, 0.25) is 0 Å². The fraction of sp³-hybridized carbons (Fsp3) is 0.476. The highest BCUT2D eigenvalue weighted by molar-refractivity contribution is 14.0. The number of likely N-dealkylation sites (N-methyl/N-ethyl adjacent to an activating group) is 1. The lowest BCUT2D eigenvalue weighted by Crippen LogP contribution is -2.36. The highest BCUT2D eigenvalue weighted by Crippen LogP contribution is 2.18. The lowest BCUT2D eigenvalue weighted by Gasteiger charge is -2.19. The molecule has 2 aromatic rings. The molecule has 1 heterocycles. The van der Waals surface area contributed by atoms with Crippen LogP contribution in [0, 0.1) is 6.92 Å². The monoisotopic (exact) mass is 516 g/mol. The summed E-state index contributed by atoms with van der Waals surface area (Å²) in [7, 11) is 1.79. The fourth-order valence-corrected chi connectivity index (χ4v) is 3.60. The van der Waals surface area contributed by atoms with E-state index in [4.69, 9.17) is 4.74 Å². The van der Waals surface area contributed by atoms with Crippen molar-refractivity contribution in [3.05, 3.63) is 51.7 Å². The van der Waals surface area contributed by atoms with Gasteiger partial charge in [-0.2, -0.15) is 0 Å². The third-order valence-electron chi connectivity index (χ3n) is 4.43. The van der Waals surface area contributed by atoms with Crippen molar-refractivity contribution in [3.63, 3.8) is 0 Å². The lowest BCUT2D eigenvalue weighted by atomic mass is 10.2. The Kier molecular flexibility index (Phi) is 12.2. The van der Waals surface area contributed by atoms with E-state index in [-0.39, 0.29) is 24.0 Å². The predicted molar refractivity (Wildman–Crippen MR) is 131 cm³/mol. The van der Waals surface area contributed by atoms with Crippen molar-refractivity contribution in [3.8, 4) is 5.75 Å². The number of nitrogens with zero attached hydrogens (tertiary/aromatic N) is 2. The molecule has 0 aliphatic rings. The van der Waals surface area contributed by atoms with Gasteiger partial charge in [-0.15, -0.1) is 35.3 Å². The van der Waals surface area contributed by atoms with Crippen LogP contribution in [0.3, 0.4) is 0 Å². The first-order chi connectivity index (χ1) is 13.2. The van der Waals surface area contributed by atoms with E-state index in [1.54, 1.807) is 18.4 Å². The number of aryl methyl sites for hydroxylation is 1. The van der Waals surface area contributed by atoms with Gasteiger partial charge in [-0.3, -0.25) is 4.99 Å². The molecule has 0 unspecified atom stereocenters. The van der Waals surface area contributed by atoms with Crippen LogP contribution < -0.4 is 15.4 Å². The Balaban J connectivity index is 0.00000392. The summed E-state index contributed by atoms with van der Waals surface area (Å²) in [5.74, 6) is 1.72. The molecule has 7 heteroatoms. The number of benzene rings is 1. The summed E-state index contributed by atoms with van der Waals surface area (Å²) in [6.45, 7) is 11.7. The molecule has 28 heavy (non-hydrogen) atoms. The Morgan fingerprint density at radius 2 is 1.79 bits per heavy atom. The van der Waals surface area contributed by atoms with Crippen LogP contribution in [0.5, 0.6) is 5.75 Å². The van der Waals surface area contributed by atoms with Gasteiger partial charge in [0.05, 0.1) is 6.54 Å². The molecular weight excluding hydrogens is 483 g/mol. The summed E-state index contributed by atoms with van der Waals surface area (Å²) in [5.41, 5.74) is 1.13. The summed E-state index contributed by atoms with van der Waals surface area (Å²) >= 11 is 1.80. The number of hydrogen-bond acceptors (Lipinski definition) is 4. The SMILES string of the molecule is CCN(CC)CCOc1ccccc1CNC(=NC)NCc1ccc(C)s1.I. The quantitative estimate of drug-likeness (QED) is 0.282. The standard InChI is InChI=1S/C21H32N4OS.HI/c1-5-25(6-2)13-14-26-20-10-8-7-9-18(20)15-23-21(22-4)24-16-19-12-11-17(3)27-19;/h7-12H,5-6,13-16H2,1-4H3,(H2,22,23,24);1H. The number of guanidine groups is 1. The molecule has 0 aliphatic heterocycles. The van der Waals surface area contributed by atoms with Crippen molar-refractivity contribution < 1.29 is 4.74 Å². The number of thiophene rings is 1. The summed E-state index contributed by atoms with van der Waals surface area (Å²) in [4.78, 5) is 9.30. The minimum absolute atomic E-state index is 0. The topological polar surface area (TPSA) is 48.9 Å². The average Bonchev–Trinajstić information content (AvgIpc) is 3.11. The molecule has 0 bridgehead atoms. The molecule has 0 fully saturated rings. The Hall–Kier alpha value is -1.32. The molecular formula is C21H33IN4OS. The second-order valence-electron chi connectivity index (χ2n) is 6.27. The van der Waals surface area contributed by atoms with Gasteiger partial charge >= 0.3 is 0 Å². The minimum Gasteiger partial charge on any atom is -0.492 e. The Morgan fingerprint density at radius 3 is 2.43 bits per heavy atom. The normalized spacial score (nSPS) is 11.2. The molecule has 0 aliphatic carbocycles. The second-order valence-corrected chi connectivity index (χ2v) is 7.65. The van der Waals surface area contributed by atoms with Crippen LogP contribution in [0.2, 0.25) is 0 Å². The summed E-state index contributed by atoms with van der Waals surface area (Å²) in [6, 6.07) is 12.5. The summed E-state index contributed by atoms with van der Waals surface area (Å²) in [6.07, 6.45) is 0. The summed E-state index contributed by atoms with van der Waals surface area (Å²) in [5, 5.41) is 6.74. The molecule has 1 aromatic carbocycles. The lowest BCUT2D eigenvalue weighted by molar-refractivity contribution is 0.221. The van der Waals surface area contributed by atoms with E-state index in [0.29, 0.717) is 13.2 Å². The molecule has 0 saturated carbocycles. The number of rotatable bonds is 10. The van der Waals surface area contributed by atoms with Crippen LogP contribution in [0.4, 0.5) is 0 Å². The maximum Gasteiger partial charge on any atom is 0.191 e. The fourth-order valence-electron chi connectivity index (χ4n) is 2.77. The Bertz CT molecular complexity index is 716. The van der Waals surface area contributed by atoms with Crippen molar-refractivity contribution in [1.82, 2.24) is 15.5 Å². The molecule has 0 radical (unpaired) electrons. The van der Waals surface area contributed by atoms with E-state index in [0.717, 1.165) is 43.5 Å². The zero-order valence-electron chi connectivity index (χ0n) is 17.3. The van der Waals surface area contributed by atoms with Gasteiger partial charge in [0, 0.05) is 35.5 Å². The van der Waals surface area contributed by atoms with Gasteiger partial charge in [0.15, 0.2) is 5.96 Å². The van der Waals surface area contributed by atoms with Crippen molar-refractivity contribution in [2.75, 3.05) is 33.3 Å². The third-order valence-corrected chi connectivity index (χ3v) is 5.43. The molecule has 2 N–H and O–H groups in total. The predicted octanol–water partition coefficient (Wildman–Crippen LogP) is 4.26. The third kappa shape index (κ3) is 8.36. The van der Waals surface area contributed by atoms with Gasteiger partial charge in [-0.05, 0) is 38.2 Å². The number of para-hydroxylation sites is 1. The average molecular weight is 516 g/mol.